The van der Waals surface area contributed by atoms with Gasteiger partial charge in [0.2, 0.25) is 0 Å². The molecule has 0 radical (unpaired) electrons. The number of alkyl carbamates (subject to hydrolysis) is 1. The number of amides is 1. The summed E-state index contributed by atoms with van der Waals surface area (Å²) in [5, 5.41) is 6.62. The molecule has 1 rings (SSSR count). The van der Waals surface area contributed by atoms with Crippen molar-refractivity contribution in [1.82, 2.24) is 15.5 Å². The van der Waals surface area contributed by atoms with Crippen LogP contribution >= 0.6 is 0 Å². The molecular weight excluding hydrogens is 266 g/mol. The lowest BCUT2D eigenvalue weighted by Gasteiger charge is -2.32. The first kappa shape index (κ1) is 18.2. The average Bonchev–Trinajstić information content (AvgIpc) is 2.33. The van der Waals surface area contributed by atoms with Gasteiger partial charge in [-0.25, -0.2) is 4.79 Å². The van der Waals surface area contributed by atoms with Gasteiger partial charge in [-0.2, -0.15) is 0 Å². The van der Waals surface area contributed by atoms with Crippen molar-refractivity contribution >= 4 is 6.09 Å². The minimum absolute atomic E-state index is 0.223. The van der Waals surface area contributed by atoms with E-state index in [2.05, 4.69) is 36.6 Å². The normalized spacial score (nSPS) is 24.7. The summed E-state index contributed by atoms with van der Waals surface area (Å²) in [7, 11) is 4.19. The van der Waals surface area contributed by atoms with Gasteiger partial charge in [0.25, 0.3) is 0 Å². The van der Waals surface area contributed by atoms with E-state index in [0.717, 1.165) is 25.8 Å². The van der Waals surface area contributed by atoms with Crippen molar-refractivity contribution in [3.63, 3.8) is 0 Å². The third kappa shape index (κ3) is 7.67. The first-order valence-corrected chi connectivity index (χ1v) is 8.06. The van der Waals surface area contributed by atoms with Crippen molar-refractivity contribution < 1.29 is 9.53 Å². The summed E-state index contributed by atoms with van der Waals surface area (Å²) in [6.07, 6.45) is 4.07. The number of carbonyl (C=O) groups is 1. The van der Waals surface area contributed by atoms with E-state index in [-0.39, 0.29) is 12.1 Å². The number of nitrogens with zero attached hydrogens (tertiary/aromatic N) is 1. The Labute approximate surface area is 129 Å². The van der Waals surface area contributed by atoms with Gasteiger partial charge >= 0.3 is 6.09 Å². The Balaban J connectivity index is 2.33. The van der Waals surface area contributed by atoms with Gasteiger partial charge in [-0.05, 0) is 67.5 Å². The van der Waals surface area contributed by atoms with Crippen LogP contribution in [0.25, 0.3) is 0 Å². The molecule has 0 spiro atoms. The predicted octanol–water partition coefficient (Wildman–Crippen LogP) is 2.36. The summed E-state index contributed by atoms with van der Waals surface area (Å²) in [5.74, 6) is 0. The van der Waals surface area contributed by atoms with Gasteiger partial charge in [0.15, 0.2) is 0 Å². The van der Waals surface area contributed by atoms with Crippen molar-refractivity contribution in [3.05, 3.63) is 0 Å². The highest BCUT2D eigenvalue weighted by Crippen LogP contribution is 2.19. The molecule has 0 heterocycles. The van der Waals surface area contributed by atoms with E-state index in [1.165, 1.54) is 6.42 Å². The molecule has 0 aromatic carbocycles. The Morgan fingerprint density at radius 1 is 1.29 bits per heavy atom. The second-order valence-electron chi connectivity index (χ2n) is 7.43. The third-order valence-electron chi connectivity index (χ3n) is 3.98. The Hall–Kier alpha value is -0.810. The zero-order chi connectivity index (χ0) is 16.0. The maximum Gasteiger partial charge on any atom is 0.407 e. The van der Waals surface area contributed by atoms with Crippen LogP contribution in [0.15, 0.2) is 0 Å². The number of hydrogen-bond donors (Lipinski definition) is 2. The molecule has 1 saturated carbocycles. The van der Waals surface area contributed by atoms with Crippen LogP contribution in [0.1, 0.15) is 53.4 Å². The van der Waals surface area contributed by atoms with Gasteiger partial charge < -0.3 is 20.3 Å². The maximum atomic E-state index is 11.8. The zero-order valence-electron chi connectivity index (χ0n) is 14.5. The van der Waals surface area contributed by atoms with Crippen LogP contribution in [0.2, 0.25) is 0 Å². The van der Waals surface area contributed by atoms with Crippen molar-refractivity contribution in [3.8, 4) is 0 Å². The van der Waals surface area contributed by atoms with E-state index in [1.807, 2.05) is 20.8 Å². The smallest absolute Gasteiger partial charge is 0.407 e. The van der Waals surface area contributed by atoms with E-state index in [1.54, 1.807) is 0 Å². The summed E-state index contributed by atoms with van der Waals surface area (Å²) in [4.78, 5) is 14.0. The number of rotatable bonds is 5. The van der Waals surface area contributed by atoms with E-state index in [0.29, 0.717) is 12.1 Å². The van der Waals surface area contributed by atoms with Crippen molar-refractivity contribution in [2.75, 3.05) is 20.6 Å². The van der Waals surface area contributed by atoms with Gasteiger partial charge in [-0.1, -0.05) is 0 Å². The molecule has 21 heavy (non-hydrogen) atoms. The second-order valence-corrected chi connectivity index (χ2v) is 7.43. The zero-order valence-corrected chi connectivity index (χ0v) is 14.5. The van der Waals surface area contributed by atoms with Gasteiger partial charge in [-0.15, -0.1) is 0 Å². The van der Waals surface area contributed by atoms with Crippen molar-refractivity contribution in [1.29, 1.82) is 0 Å². The fraction of sp³-hybridized carbons (Fsp3) is 0.938. The fourth-order valence-corrected chi connectivity index (χ4v) is 2.50. The Kier molecular flexibility index (Phi) is 6.94. The highest BCUT2D eigenvalue weighted by Gasteiger charge is 2.25. The first-order chi connectivity index (χ1) is 9.67. The molecule has 2 N–H and O–H groups in total. The highest BCUT2D eigenvalue weighted by molar-refractivity contribution is 5.68. The van der Waals surface area contributed by atoms with Crippen molar-refractivity contribution in [2.45, 2.75) is 77.1 Å². The van der Waals surface area contributed by atoms with Crippen LogP contribution in [0, 0.1) is 0 Å². The van der Waals surface area contributed by atoms with Crippen LogP contribution in [0.4, 0.5) is 4.79 Å². The average molecular weight is 299 g/mol. The minimum Gasteiger partial charge on any atom is -0.444 e. The lowest BCUT2D eigenvalue weighted by molar-refractivity contribution is 0.0488. The molecule has 0 aliphatic heterocycles. The SMILES string of the molecule is CC(CNC1CCCC(NC(=O)OC(C)(C)C)C1)N(C)C. The maximum absolute atomic E-state index is 11.8. The van der Waals surface area contributed by atoms with Crippen molar-refractivity contribution in [2.24, 2.45) is 0 Å². The third-order valence-corrected chi connectivity index (χ3v) is 3.98. The molecule has 1 aliphatic rings. The second kappa shape index (κ2) is 7.99. The predicted molar refractivity (Wildman–Crippen MR) is 86.6 cm³/mol. The Bertz CT molecular complexity index is 326. The summed E-state index contributed by atoms with van der Waals surface area (Å²) in [6.45, 7) is 8.87. The molecule has 1 fully saturated rings. The molecule has 0 bridgehead atoms. The van der Waals surface area contributed by atoms with E-state index < -0.39 is 5.60 Å². The quantitative estimate of drug-likeness (QED) is 0.818. The van der Waals surface area contributed by atoms with Crippen LogP contribution in [0.3, 0.4) is 0 Å². The lowest BCUT2D eigenvalue weighted by atomic mass is 9.91. The molecule has 124 valence electrons. The van der Waals surface area contributed by atoms with Gasteiger partial charge in [-0.3, -0.25) is 0 Å². The summed E-state index contributed by atoms with van der Waals surface area (Å²) in [6, 6.07) is 1.23. The Morgan fingerprint density at radius 3 is 2.48 bits per heavy atom. The number of likely N-dealkylation sites (N-methyl/N-ethyl adjacent to an activating group) is 1. The molecule has 3 atom stereocenters. The molecular formula is C16H33N3O2. The number of hydrogen-bond acceptors (Lipinski definition) is 4. The fourth-order valence-electron chi connectivity index (χ4n) is 2.50. The molecule has 5 nitrogen and oxygen atoms in total. The van der Waals surface area contributed by atoms with Gasteiger partial charge in [0, 0.05) is 24.7 Å². The lowest BCUT2D eigenvalue weighted by Crippen LogP contribution is -2.47. The molecule has 0 saturated heterocycles. The minimum atomic E-state index is -0.433. The molecule has 3 unspecified atom stereocenters. The van der Waals surface area contributed by atoms with Gasteiger partial charge in [0.1, 0.15) is 5.60 Å². The van der Waals surface area contributed by atoms with Gasteiger partial charge in [0.05, 0.1) is 0 Å². The first-order valence-electron chi connectivity index (χ1n) is 8.06. The topological polar surface area (TPSA) is 53.6 Å². The largest absolute Gasteiger partial charge is 0.444 e. The van der Waals surface area contributed by atoms with Crippen LogP contribution in [-0.2, 0) is 4.74 Å². The molecule has 5 heteroatoms. The van der Waals surface area contributed by atoms with Crippen LogP contribution < -0.4 is 10.6 Å². The standard InChI is InChI=1S/C16H33N3O2/c1-12(19(5)6)11-17-13-8-7-9-14(10-13)18-15(20)21-16(2,3)4/h12-14,17H,7-11H2,1-6H3,(H,18,20). The Morgan fingerprint density at radius 2 is 1.90 bits per heavy atom. The summed E-state index contributed by atoms with van der Waals surface area (Å²) < 4.78 is 5.33. The monoisotopic (exact) mass is 299 g/mol. The van der Waals surface area contributed by atoms with E-state index >= 15 is 0 Å². The van der Waals surface area contributed by atoms with Crippen LogP contribution in [-0.4, -0.2) is 55.4 Å². The number of nitrogens with one attached hydrogen (secondary N) is 2. The van der Waals surface area contributed by atoms with E-state index in [9.17, 15) is 4.79 Å². The molecule has 1 amide bonds. The molecule has 0 aromatic heterocycles. The summed E-state index contributed by atoms with van der Waals surface area (Å²) >= 11 is 0. The molecule has 1 aliphatic carbocycles. The van der Waals surface area contributed by atoms with E-state index in [4.69, 9.17) is 4.74 Å². The number of ether oxygens (including phenoxy) is 1. The summed E-state index contributed by atoms with van der Waals surface area (Å²) in [5.41, 5.74) is -0.433. The highest BCUT2D eigenvalue weighted by atomic mass is 16.6. The number of carbonyl (C=O) groups excluding carboxylic acids is 1. The van der Waals surface area contributed by atoms with Crippen LogP contribution in [0.5, 0.6) is 0 Å². The molecule has 0 aromatic rings.